The summed E-state index contributed by atoms with van der Waals surface area (Å²) in [5.41, 5.74) is 6.56. The molecule has 0 atom stereocenters. The zero-order valence-corrected chi connectivity index (χ0v) is 28.9. The Bertz CT molecular complexity index is 1990. The molecule has 1 aliphatic carbocycles. The Morgan fingerprint density at radius 3 is 2.71 bits per heavy atom. The van der Waals surface area contributed by atoms with Crippen molar-refractivity contribution in [2.24, 2.45) is 12.5 Å². The second-order valence-corrected chi connectivity index (χ2v) is 14.1. The van der Waals surface area contributed by atoms with Gasteiger partial charge in [0.25, 0.3) is 11.5 Å². The summed E-state index contributed by atoms with van der Waals surface area (Å²) in [7, 11) is 3.42. The van der Waals surface area contributed by atoms with E-state index in [1.165, 1.54) is 22.7 Å². The van der Waals surface area contributed by atoms with Gasteiger partial charge in [0.2, 0.25) is 0 Å². The van der Waals surface area contributed by atoms with Crippen LogP contribution < -0.4 is 15.8 Å². The molecule has 0 unspecified atom stereocenters. The van der Waals surface area contributed by atoms with Gasteiger partial charge in [0.05, 0.1) is 12.2 Å². The fourth-order valence-corrected chi connectivity index (χ4v) is 7.51. The van der Waals surface area contributed by atoms with E-state index in [0.717, 1.165) is 57.7 Å². The number of aromatic nitrogens is 5. The Balaban J connectivity index is 1.20. The second-order valence-electron chi connectivity index (χ2n) is 14.1. The molecular weight excluding hydrogens is 624 g/mol. The lowest BCUT2D eigenvalue weighted by molar-refractivity contribution is -0.142. The third-order valence-electron chi connectivity index (χ3n) is 9.79. The molecule has 0 saturated heterocycles. The smallest absolute Gasteiger partial charge is 0.302 e. The molecule has 13 nitrogen and oxygen atoms in total. The normalized spacial score (nSPS) is 16.8. The van der Waals surface area contributed by atoms with Gasteiger partial charge in [0.1, 0.15) is 23.8 Å². The first-order valence-corrected chi connectivity index (χ1v) is 16.9. The molecule has 0 saturated carbocycles. The molecule has 7 rings (SSSR count). The third kappa shape index (κ3) is 6.40. The topological polar surface area (TPSA) is 129 Å². The summed E-state index contributed by atoms with van der Waals surface area (Å²) >= 11 is 0. The number of ether oxygens (including phenoxy) is 2. The number of hydrogen-bond acceptors (Lipinski definition) is 9. The molecule has 49 heavy (non-hydrogen) atoms. The number of carbonyl (C=O) groups excluding carboxylic acids is 2. The van der Waals surface area contributed by atoms with E-state index < -0.39 is 5.97 Å². The minimum absolute atomic E-state index is 0.0798. The molecule has 4 aromatic rings. The maximum atomic E-state index is 14.0. The first-order chi connectivity index (χ1) is 23.5. The monoisotopic (exact) mass is 668 g/mol. The van der Waals surface area contributed by atoms with Gasteiger partial charge in [0.15, 0.2) is 5.82 Å². The van der Waals surface area contributed by atoms with Gasteiger partial charge >= 0.3 is 5.97 Å². The number of fused-ring (bicyclic) bond motifs is 4. The predicted octanol–water partition coefficient (Wildman–Crippen LogP) is 3.89. The van der Waals surface area contributed by atoms with Gasteiger partial charge in [-0.2, -0.15) is 5.10 Å². The molecule has 0 aromatic carbocycles. The van der Waals surface area contributed by atoms with E-state index in [9.17, 15) is 14.4 Å². The van der Waals surface area contributed by atoms with E-state index in [4.69, 9.17) is 14.6 Å². The molecular formula is C36H44N8O5. The number of anilines is 3. The minimum Gasteiger partial charge on any atom is -0.461 e. The molecule has 2 aliphatic heterocycles. The summed E-state index contributed by atoms with van der Waals surface area (Å²) in [6.07, 6.45) is 6.26. The molecule has 258 valence electrons. The van der Waals surface area contributed by atoms with Crippen LogP contribution in [0.1, 0.15) is 60.2 Å². The number of aryl methyl sites for hydroxylation is 1. The van der Waals surface area contributed by atoms with Crippen molar-refractivity contribution in [3.05, 3.63) is 75.2 Å². The summed E-state index contributed by atoms with van der Waals surface area (Å²) in [5, 5.41) is 8.00. The van der Waals surface area contributed by atoms with Crippen LogP contribution in [0.15, 0.2) is 41.5 Å². The summed E-state index contributed by atoms with van der Waals surface area (Å²) < 4.78 is 16.4. The van der Waals surface area contributed by atoms with Crippen molar-refractivity contribution in [3.63, 3.8) is 0 Å². The minimum atomic E-state index is -0.442. The number of hydrogen-bond donors (Lipinski definition) is 1. The SMILES string of the molecule is COCCCN1CCn2nc(Nc3cc(-c4ccnc(N5CCn6c(cc7c6CC(C)(C)C7)C5=O)c4COC(C)=O)cn(C)c3=O)cc2C1. The zero-order chi connectivity index (χ0) is 34.4. The van der Waals surface area contributed by atoms with Crippen molar-refractivity contribution < 1.29 is 19.1 Å². The quantitative estimate of drug-likeness (QED) is 0.198. The number of carbonyl (C=O) groups is 2. The highest BCUT2D eigenvalue weighted by Gasteiger charge is 2.37. The van der Waals surface area contributed by atoms with Crippen LogP contribution in [0.4, 0.5) is 17.3 Å². The van der Waals surface area contributed by atoms with E-state index in [2.05, 4.69) is 33.6 Å². The summed E-state index contributed by atoms with van der Waals surface area (Å²) in [4.78, 5) is 48.2. The first-order valence-electron chi connectivity index (χ1n) is 16.9. The van der Waals surface area contributed by atoms with E-state index in [-0.39, 0.29) is 23.5 Å². The molecule has 1 amide bonds. The molecule has 4 aromatic heterocycles. The van der Waals surface area contributed by atoms with Gasteiger partial charge in [0, 0.05) is 95.7 Å². The van der Waals surface area contributed by atoms with Crippen LogP contribution in [0.2, 0.25) is 0 Å². The summed E-state index contributed by atoms with van der Waals surface area (Å²) in [6, 6.07) is 7.63. The Morgan fingerprint density at radius 2 is 1.92 bits per heavy atom. The fraction of sp³-hybridized carbons (Fsp3) is 0.472. The highest BCUT2D eigenvalue weighted by molar-refractivity contribution is 6.06. The van der Waals surface area contributed by atoms with E-state index in [1.807, 2.05) is 22.9 Å². The summed E-state index contributed by atoms with van der Waals surface area (Å²) in [6.45, 7) is 11.0. The van der Waals surface area contributed by atoms with Crippen molar-refractivity contribution in [2.75, 3.05) is 43.6 Å². The Hall–Kier alpha value is -4.75. The van der Waals surface area contributed by atoms with Gasteiger partial charge < -0.3 is 23.9 Å². The van der Waals surface area contributed by atoms with Crippen molar-refractivity contribution >= 4 is 29.2 Å². The number of methoxy groups -OCH3 is 1. The number of rotatable bonds is 10. The van der Waals surface area contributed by atoms with Gasteiger partial charge in [-0.25, -0.2) is 4.98 Å². The van der Waals surface area contributed by atoms with Crippen molar-refractivity contribution in [2.45, 2.75) is 66.3 Å². The number of pyridine rings is 2. The molecule has 6 heterocycles. The Kier molecular flexibility index (Phi) is 8.65. The van der Waals surface area contributed by atoms with Crippen molar-refractivity contribution in [1.29, 1.82) is 0 Å². The van der Waals surface area contributed by atoms with Crippen LogP contribution in [-0.4, -0.2) is 74.0 Å². The standard InChI is InChI=1S/C36H44N8O5/c1-23(45)49-22-28-27(7-8-37-33(28)43-12-11-42-30(35(43)47)16-24-18-36(2,3)19-31(24)42)25-15-29(34(46)40(4)20-25)38-32-17-26-21-41(9-6-14-48-5)10-13-44(26)39-32/h7-8,15-17,20H,6,9-14,18-19,21-22H2,1-5H3,(H,38,39). The number of nitrogens with zero attached hydrogens (tertiary/aromatic N) is 7. The highest BCUT2D eigenvalue weighted by Crippen LogP contribution is 2.40. The average Bonchev–Trinajstić information content (AvgIpc) is 3.71. The predicted molar refractivity (Wildman–Crippen MR) is 185 cm³/mol. The fourth-order valence-electron chi connectivity index (χ4n) is 7.51. The lowest BCUT2D eigenvalue weighted by Crippen LogP contribution is -2.41. The molecule has 0 spiro atoms. The maximum Gasteiger partial charge on any atom is 0.302 e. The summed E-state index contributed by atoms with van der Waals surface area (Å²) in [5.74, 6) is 0.464. The van der Waals surface area contributed by atoms with Crippen LogP contribution in [0, 0.1) is 5.41 Å². The molecule has 3 aliphatic rings. The van der Waals surface area contributed by atoms with E-state index in [0.29, 0.717) is 52.8 Å². The third-order valence-corrected chi connectivity index (χ3v) is 9.79. The number of amides is 1. The van der Waals surface area contributed by atoms with E-state index >= 15 is 0 Å². The highest BCUT2D eigenvalue weighted by atomic mass is 16.5. The molecule has 0 fully saturated rings. The van der Waals surface area contributed by atoms with Gasteiger partial charge in [-0.3, -0.25) is 28.9 Å². The van der Waals surface area contributed by atoms with Gasteiger partial charge in [-0.1, -0.05) is 13.8 Å². The van der Waals surface area contributed by atoms with Crippen LogP contribution in [0.3, 0.4) is 0 Å². The molecule has 0 bridgehead atoms. The van der Waals surface area contributed by atoms with Gasteiger partial charge in [-0.15, -0.1) is 0 Å². The van der Waals surface area contributed by atoms with Gasteiger partial charge in [-0.05, 0) is 54.0 Å². The van der Waals surface area contributed by atoms with Crippen LogP contribution >= 0.6 is 0 Å². The first kappa shape index (κ1) is 32.8. The number of nitrogens with one attached hydrogen (secondary N) is 1. The molecule has 0 radical (unpaired) electrons. The maximum absolute atomic E-state index is 14.0. The molecule has 13 heteroatoms. The largest absolute Gasteiger partial charge is 0.461 e. The number of esters is 1. The molecule has 1 N–H and O–H groups in total. The second kappa shape index (κ2) is 12.9. The lowest BCUT2D eigenvalue weighted by Gasteiger charge is -2.31. The van der Waals surface area contributed by atoms with E-state index in [1.54, 1.807) is 37.5 Å². The van der Waals surface area contributed by atoms with Crippen LogP contribution in [0.25, 0.3) is 11.1 Å². The van der Waals surface area contributed by atoms with Crippen LogP contribution in [0.5, 0.6) is 0 Å². The van der Waals surface area contributed by atoms with Crippen molar-refractivity contribution in [1.82, 2.24) is 28.8 Å². The van der Waals surface area contributed by atoms with Crippen LogP contribution in [-0.2, 0) is 60.4 Å². The lowest BCUT2D eigenvalue weighted by atomic mass is 9.90. The van der Waals surface area contributed by atoms with Crippen molar-refractivity contribution in [3.8, 4) is 11.1 Å². The zero-order valence-electron chi connectivity index (χ0n) is 28.9. The Labute approximate surface area is 285 Å². The Morgan fingerprint density at radius 1 is 1.08 bits per heavy atom. The average molecular weight is 669 g/mol.